The fourth-order valence-electron chi connectivity index (χ4n) is 3.58. The zero-order valence-corrected chi connectivity index (χ0v) is 11.3. The Labute approximate surface area is 106 Å². The fraction of sp³-hybridized carbons (Fsp3) is 1.00. The number of unbranched alkanes of at least 4 members (excludes halogenated alkanes) is 2. The Bertz CT molecular complexity index is 219. The van der Waals surface area contributed by atoms with Crippen molar-refractivity contribution in [1.82, 2.24) is 0 Å². The summed E-state index contributed by atoms with van der Waals surface area (Å²) in [6.07, 6.45) is 12.5. The molecule has 0 bridgehead atoms. The zero-order chi connectivity index (χ0) is 12.1. The normalized spacial score (nSPS) is 32.1. The fourth-order valence-corrected chi connectivity index (χ4v) is 3.58. The van der Waals surface area contributed by atoms with Crippen LogP contribution in [0.1, 0.15) is 71.1 Å². The van der Waals surface area contributed by atoms with Crippen LogP contribution in [0, 0.1) is 5.41 Å². The highest BCUT2D eigenvalue weighted by molar-refractivity contribution is 5.04. The average Bonchev–Trinajstić information content (AvgIpc) is 2.60. The molecule has 0 aromatic heterocycles. The Morgan fingerprint density at radius 3 is 2.41 bits per heavy atom. The highest BCUT2D eigenvalue weighted by Gasteiger charge is 2.54. The molecule has 1 spiro atoms. The van der Waals surface area contributed by atoms with Gasteiger partial charge < -0.3 is 9.84 Å². The van der Waals surface area contributed by atoms with Crippen molar-refractivity contribution >= 4 is 0 Å². The van der Waals surface area contributed by atoms with E-state index in [1.165, 1.54) is 57.8 Å². The second kappa shape index (κ2) is 6.19. The minimum Gasteiger partial charge on any atom is -0.392 e. The summed E-state index contributed by atoms with van der Waals surface area (Å²) in [5.74, 6) is 0. The van der Waals surface area contributed by atoms with E-state index in [1.54, 1.807) is 0 Å². The summed E-state index contributed by atoms with van der Waals surface area (Å²) in [5, 5.41) is 10.1. The third-order valence-corrected chi connectivity index (χ3v) is 4.84. The molecule has 2 nitrogen and oxygen atoms in total. The van der Waals surface area contributed by atoms with Crippen molar-refractivity contribution in [3.05, 3.63) is 0 Å². The molecule has 0 aliphatic heterocycles. The van der Waals surface area contributed by atoms with E-state index in [4.69, 9.17) is 4.74 Å². The van der Waals surface area contributed by atoms with Gasteiger partial charge in [0.15, 0.2) is 0 Å². The van der Waals surface area contributed by atoms with Crippen LogP contribution in [-0.4, -0.2) is 23.9 Å². The van der Waals surface area contributed by atoms with Crippen LogP contribution in [-0.2, 0) is 4.74 Å². The minimum atomic E-state index is -0.0863. The lowest BCUT2D eigenvalue weighted by molar-refractivity contribution is -0.199. The van der Waals surface area contributed by atoms with Crippen molar-refractivity contribution in [3.63, 3.8) is 0 Å². The molecule has 17 heavy (non-hydrogen) atoms. The second-order valence-corrected chi connectivity index (χ2v) is 5.97. The molecule has 0 radical (unpaired) electrons. The van der Waals surface area contributed by atoms with Gasteiger partial charge in [-0.1, -0.05) is 45.4 Å². The quantitative estimate of drug-likeness (QED) is 0.743. The zero-order valence-electron chi connectivity index (χ0n) is 11.3. The van der Waals surface area contributed by atoms with Crippen molar-refractivity contribution in [1.29, 1.82) is 0 Å². The Balaban J connectivity index is 1.81. The summed E-state index contributed by atoms with van der Waals surface area (Å²) in [6, 6.07) is 0. The molecule has 0 aromatic rings. The van der Waals surface area contributed by atoms with E-state index >= 15 is 0 Å². The van der Waals surface area contributed by atoms with Gasteiger partial charge in [0, 0.05) is 18.4 Å². The van der Waals surface area contributed by atoms with Crippen molar-refractivity contribution in [2.75, 3.05) is 6.61 Å². The van der Waals surface area contributed by atoms with E-state index in [1.807, 2.05) is 0 Å². The smallest absolute Gasteiger partial charge is 0.0680 e. The Morgan fingerprint density at radius 2 is 1.82 bits per heavy atom. The van der Waals surface area contributed by atoms with Gasteiger partial charge in [-0.05, 0) is 19.3 Å². The molecular weight excluding hydrogens is 212 g/mol. The number of hydrogen-bond acceptors (Lipinski definition) is 2. The Kier molecular flexibility index (Phi) is 4.87. The first-order chi connectivity index (χ1) is 8.29. The average molecular weight is 240 g/mol. The maximum atomic E-state index is 10.1. The maximum absolute atomic E-state index is 10.1. The van der Waals surface area contributed by atoms with Crippen LogP contribution in [0.5, 0.6) is 0 Å². The minimum absolute atomic E-state index is 0.0863. The van der Waals surface area contributed by atoms with E-state index in [0.717, 1.165) is 13.0 Å². The lowest BCUT2D eigenvalue weighted by Gasteiger charge is -2.53. The molecular formula is C15H28O2. The first kappa shape index (κ1) is 13.4. The number of rotatable bonds is 5. The maximum Gasteiger partial charge on any atom is 0.0680 e. The first-order valence-corrected chi connectivity index (χ1v) is 7.59. The standard InChI is InChI=1S/C15H28O2/c1-2-3-8-11-17-14-12-13(16)15(14)9-6-4-5-7-10-15/h13-14,16H,2-12H2,1H3. The van der Waals surface area contributed by atoms with Crippen molar-refractivity contribution < 1.29 is 9.84 Å². The Hall–Kier alpha value is -0.0800. The van der Waals surface area contributed by atoms with Gasteiger partial charge in [0.2, 0.25) is 0 Å². The predicted molar refractivity (Wildman–Crippen MR) is 70.0 cm³/mol. The molecule has 2 aliphatic carbocycles. The summed E-state index contributed by atoms with van der Waals surface area (Å²) >= 11 is 0. The van der Waals surface area contributed by atoms with Crippen LogP contribution in [0.3, 0.4) is 0 Å². The van der Waals surface area contributed by atoms with E-state index in [-0.39, 0.29) is 11.5 Å². The van der Waals surface area contributed by atoms with Gasteiger partial charge in [-0.25, -0.2) is 0 Å². The number of aliphatic hydroxyl groups is 1. The summed E-state index contributed by atoms with van der Waals surface area (Å²) in [4.78, 5) is 0. The van der Waals surface area contributed by atoms with Gasteiger partial charge in [0.05, 0.1) is 12.2 Å². The summed E-state index contributed by atoms with van der Waals surface area (Å²) in [5.41, 5.74) is 0.142. The van der Waals surface area contributed by atoms with E-state index in [9.17, 15) is 5.11 Å². The van der Waals surface area contributed by atoms with E-state index < -0.39 is 0 Å². The Morgan fingerprint density at radius 1 is 1.12 bits per heavy atom. The lowest BCUT2D eigenvalue weighted by atomic mass is 9.59. The van der Waals surface area contributed by atoms with Crippen LogP contribution in [0.2, 0.25) is 0 Å². The highest BCUT2D eigenvalue weighted by Crippen LogP contribution is 2.52. The lowest BCUT2D eigenvalue weighted by Crippen LogP contribution is -2.58. The van der Waals surface area contributed by atoms with Crippen LogP contribution in [0.4, 0.5) is 0 Å². The number of aliphatic hydroxyl groups excluding tert-OH is 1. The first-order valence-electron chi connectivity index (χ1n) is 7.59. The van der Waals surface area contributed by atoms with Gasteiger partial charge in [-0.15, -0.1) is 0 Å². The van der Waals surface area contributed by atoms with Gasteiger partial charge in [0.1, 0.15) is 0 Å². The van der Waals surface area contributed by atoms with Crippen molar-refractivity contribution in [2.24, 2.45) is 5.41 Å². The second-order valence-electron chi connectivity index (χ2n) is 5.97. The molecule has 0 heterocycles. The highest BCUT2D eigenvalue weighted by atomic mass is 16.5. The van der Waals surface area contributed by atoms with Gasteiger partial charge >= 0.3 is 0 Å². The third-order valence-electron chi connectivity index (χ3n) is 4.84. The molecule has 2 rings (SSSR count). The van der Waals surface area contributed by atoms with Crippen molar-refractivity contribution in [2.45, 2.75) is 83.3 Å². The largest absolute Gasteiger partial charge is 0.392 e. The van der Waals surface area contributed by atoms with Crippen LogP contribution in [0.15, 0.2) is 0 Å². The topological polar surface area (TPSA) is 29.5 Å². The molecule has 2 unspecified atom stereocenters. The van der Waals surface area contributed by atoms with Gasteiger partial charge in [-0.2, -0.15) is 0 Å². The van der Waals surface area contributed by atoms with Crippen molar-refractivity contribution in [3.8, 4) is 0 Å². The molecule has 2 aliphatic rings. The van der Waals surface area contributed by atoms with E-state index in [0.29, 0.717) is 6.10 Å². The van der Waals surface area contributed by atoms with E-state index in [2.05, 4.69) is 6.92 Å². The van der Waals surface area contributed by atoms with Crippen LogP contribution >= 0.6 is 0 Å². The van der Waals surface area contributed by atoms with Crippen LogP contribution < -0.4 is 0 Å². The monoisotopic (exact) mass is 240 g/mol. The molecule has 2 saturated carbocycles. The third kappa shape index (κ3) is 2.85. The molecule has 2 fully saturated rings. The molecule has 2 atom stereocenters. The molecule has 0 aromatic carbocycles. The predicted octanol–water partition coefficient (Wildman–Crippen LogP) is 3.67. The number of ether oxygens (including phenoxy) is 1. The van der Waals surface area contributed by atoms with Crippen LogP contribution in [0.25, 0.3) is 0 Å². The van der Waals surface area contributed by atoms with Gasteiger partial charge in [-0.3, -0.25) is 0 Å². The summed E-state index contributed by atoms with van der Waals surface area (Å²) < 4.78 is 6.04. The SMILES string of the molecule is CCCCCOC1CC(O)C12CCCCCC2. The molecule has 1 N–H and O–H groups in total. The molecule has 2 heteroatoms. The molecule has 100 valence electrons. The summed E-state index contributed by atoms with van der Waals surface area (Å²) in [7, 11) is 0. The van der Waals surface area contributed by atoms with Gasteiger partial charge in [0.25, 0.3) is 0 Å². The molecule has 0 amide bonds. The number of hydrogen-bond donors (Lipinski definition) is 1. The molecule has 0 saturated heterocycles. The summed E-state index contributed by atoms with van der Waals surface area (Å²) in [6.45, 7) is 3.12.